The zero-order valence-corrected chi connectivity index (χ0v) is 13.1. The smallest absolute Gasteiger partial charge is 0.357 e. The van der Waals surface area contributed by atoms with Gasteiger partial charge in [0.2, 0.25) is 6.10 Å². The number of carbonyl (C=O) groups excluding carboxylic acids is 2. The summed E-state index contributed by atoms with van der Waals surface area (Å²) in [6.07, 6.45) is -1.19. The number of para-hydroxylation sites is 1. The summed E-state index contributed by atoms with van der Waals surface area (Å²) in [6, 6.07) is 12.9. The second-order valence-electron chi connectivity index (χ2n) is 4.39. The van der Waals surface area contributed by atoms with Crippen LogP contribution in [0.1, 0.15) is 18.6 Å². The van der Waals surface area contributed by atoms with Gasteiger partial charge in [0.15, 0.2) is 0 Å². The molecule has 1 unspecified atom stereocenters. The first-order valence-corrected chi connectivity index (χ1v) is 7.12. The van der Waals surface area contributed by atoms with Gasteiger partial charge in [0.1, 0.15) is 5.75 Å². The van der Waals surface area contributed by atoms with Crippen LogP contribution in [0, 0.1) is 0 Å². The van der Waals surface area contributed by atoms with Crippen molar-refractivity contribution in [1.29, 1.82) is 0 Å². The van der Waals surface area contributed by atoms with Gasteiger partial charge < -0.3 is 9.47 Å². The summed E-state index contributed by atoms with van der Waals surface area (Å²) < 4.78 is 10.3. The average Bonchev–Trinajstić information content (AvgIpc) is 2.48. The maximum absolute atomic E-state index is 12.3. The highest BCUT2D eigenvalue weighted by Crippen LogP contribution is 2.27. The van der Waals surface area contributed by atoms with Crippen molar-refractivity contribution in [2.75, 3.05) is 0 Å². The van der Waals surface area contributed by atoms with Crippen LogP contribution in [0.5, 0.6) is 5.75 Å². The van der Waals surface area contributed by atoms with Crippen LogP contribution in [0.15, 0.2) is 48.5 Å². The van der Waals surface area contributed by atoms with Gasteiger partial charge in [0.05, 0.1) is 5.02 Å². The Hall–Kier alpha value is -2.04. The minimum Gasteiger partial charge on any atom is -0.446 e. The van der Waals surface area contributed by atoms with Gasteiger partial charge in [-0.1, -0.05) is 47.5 Å². The predicted octanol–water partition coefficient (Wildman–Crippen LogP) is 4.20. The number of halogens is 2. The molecular formula is C16H12Cl2O4. The first-order valence-electron chi connectivity index (χ1n) is 6.36. The number of hydrogen-bond acceptors (Lipinski definition) is 4. The lowest BCUT2D eigenvalue weighted by atomic mass is 10.1. The molecule has 0 aliphatic carbocycles. The fourth-order valence-corrected chi connectivity index (χ4v) is 2.05. The van der Waals surface area contributed by atoms with Crippen molar-refractivity contribution >= 4 is 35.1 Å². The summed E-state index contributed by atoms with van der Waals surface area (Å²) in [6.45, 7) is 1.21. The topological polar surface area (TPSA) is 52.6 Å². The number of esters is 2. The van der Waals surface area contributed by atoms with Crippen molar-refractivity contribution in [3.8, 4) is 5.75 Å². The van der Waals surface area contributed by atoms with E-state index in [4.69, 9.17) is 32.7 Å². The lowest BCUT2D eigenvalue weighted by Gasteiger charge is -2.16. The van der Waals surface area contributed by atoms with Crippen LogP contribution in [0.2, 0.25) is 10.0 Å². The van der Waals surface area contributed by atoms with Crippen LogP contribution in [0.25, 0.3) is 0 Å². The number of carbonyl (C=O) groups is 2. The van der Waals surface area contributed by atoms with Crippen molar-refractivity contribution in [2.45, 2.75) is 13.0 Å². The Labute approximate surface area is 137 Å². The zero-order valence-electron chi connectivity index (χ0n) is 11.6. The molecule has 0 aliphatic rings. The highest BCUT2D eigenvalue weighted by Gasteiger charge is 2.26. The van der Waals surface area contributed by atoms with Crippen molar-refractivity contribution in [3.63, 3.8) is 0 Å². The summed E-state index contributed by atoms with van der Waals surface area (Å²) in [5, 5.41) is 0.790. The third kappa shape index (κ3) is 4.23. The van der Waals surface area contributed by atoms with E-state index >= 15 is 0 Å². The Bertz CT molecular complexity index is 683. The van der Waals surface area contributed by atoms with Gasteiger partial charge in [-0.25, -0.2) is 4.79 Å². The minimum atomic E-state index is -1.19. The van der Waals surface area contributed by atoms with E-state index in [1.54, 1.807) is 48.5 Å². The van der Waals surface area contributed by atoms with Crippen LogP contribution >= 0.6 is 23.2 Å². The Kier molecular flexibility index (Phi) is 5.41. The first kappa shape index (κ1) is 16.3. The van der Waals surface area contributed by atoms with E-state index in [0.29, 0.717) is 10.6 Å². The summed E-state index contributed by atoms with van der Waals surface area (Å²) in [5.74, 6) is -1.15. The number of hydrogen-bond donors (Lipinski definition) is 0. The molecule has 4 nitrogen and oxygen atoms in total. The van der Waals surface area contributed by atoms with Crippen LogP contribution in [0.4, 0.5) is 0 Å². The monoisotopic (exact) mass is 338 g/mol. The van der Waals surface area contributed by atoms with E-state index in [0.717, 1.165) is 0 Å². The average molecular weight is 339 g/mol. The van der Waals surface area contributed by atoms with Crippen molar-refractivity contribution in [1.82, 2.24) is 0 Å². The van der Waals surface area contributed by atoms with E-state index in [1.807, 2.05) is 0 Å². The highest BCUT2D eigenvalue weighted by atomic mass is 35.5. The summed E-state index contributed by atoms with van der Waals surface area (Å²) in [4.78, 5) is 23.5. The lowest BCUT2D eigenvalue weighted by Crippen LogP contribution is -2.23. The number of benzene rings is 2. The number of ether oxygens (including phenoxy) is 2. The van der Waals surface area contributed by atoms with Crippen molar-refractivity contribution < 1.29 is 19.1 Å². The molecule has 0 N–H and O–H groups in total. The molecule has 6 heteroatoms. The molecule has 0 spiro atoms. The Balaban J connectivity index is 2.25. The van der Waals surface area contributed by atoms with Gasteiger partial charge in [-0.15, -0.1) is 0 Å². The third-order valence-corrected chi connectivity index (χ3v) is 3.28. The predicted molar refractivity (Wildman–Crippen MR) is 83.0 cm³/mol. The molecule has 0 fully saturated rings. The molecular weight excluding hydrogens is 327 g/mol. The molecule has 2 aromatic carbocycles. The SMILES string of the molecule is CC(=O)OC(C(=O)Oc1ccccc1Cl)c1ccc(Cl)cc1. The van der Waals surface area contributed by atoms with Crippen molar-refractivity contribution in [3.05, 3.63) is 64.1 Å². The molecule has 114 valence electrons. The second kappa shape index (κ2) is 7.29. The lowest BCUT2D eigenvalue weighted by molar-refractivity contribution is -0.161. The van der Waals surface area contributed by atoms with E-state index in [1.165, 1.54) is 6.92 Å². The second-order valence-corrected chi connectivity index (χ2v) is 5.24. The quantitative estimate of drug-likeness (QED) is 0.619. The Morgan fingerprint density at radius 2 is 1.64 bits per heavy atom. The van der Waals surface area contributed by atoms with E-state index in [2.05, 4.69) is 0 Å². The maximum atomic E-state index is 12.3. The van der Waals surface area contributed by atoms with E-state index in [-0.39, 0.29) is 10.8 Å². The van der Waals surface area contributed by atoms with Crippen LogP contribution in [-0.2, 0) is 14.3 Å². The fourth-order valence-electron chi connectivity index (χ4n) is 1.75. The molecule has 0 aliphatic heterocycles. The van der Waals surface area contributed by atoms with Gasteiger partial charge in [-0.05, 0) is 24.3 Å². The standard InChI is InChI=1S/C16H12Cl2O4/c1-10(19)21-15(11-6-8-12(17)9-7-11)16(20)22-14-5-3-2-4-13(14)18/h2-9,15H,1H3. The minimum absolute atomic E-state index is 0.195. The molecule has 2 aromatic rings. The van der Waals surface area contributed by atoms with Gasteiger partial charge in [-0.2, -0.15) is 0 Å². The van der Waals surface area contributed by atoms with Gasteiger partial charge in [-0.3, -0.25) is 4.79 Å². The molecule has 2 rings (SSSR count). The fraction of sp³-hybridized carbons (Fsp3) is 0.125. The van der Waals surface area contributed by atoms with E-state index in [9.17, 15) is 9.59 Å². The molecule has 0 heterocycles. The van der Waals surface area contributed by atoms with Gasteiger partial charge >= 0.3 is 11.9 Å². The van der Waals surface area contributed by atoms with Gasteiger partial charge in [0.25, 0.3) is 0 Å². The molecule has 0 radical (unpaired) electrons. The Morgan fingerprint density at radius 3 is 2.23 bits per heavy atom. The Morgan fingerprint density at radius 1 is 1.00 bits per heavy atom. The molecule has 0 aromatic heterocycles. The molecule has 0 saturated carbocycles. The first-order chi connectivity index (χ1) is 10.5. The molecule has 0 bridgehead atoms. The molecule has 0 amide bonds. The van der Waals surface area contributed by atoms with Crippen molar-refractivity contribution in [2.24, 2.45) is 0 Å². The molecule has 0 saturated heterocycles. The normalized spacial score (nSPS) is 11.6. The number of rotatable bonds is 4. The zero-order chi connectivity index (χ0) is 16.1. The maximum Gasteiger partial charge on any atom is 0.357 e. The highest BCUT2D eigenvalue weighted by molar-refractivity contribution is 6.32. The van der Waals surface area contributed by atoms with E-state index < -0.39 is 18.0 Å². The summed E-state index contributed by atoms with van der Waals surface area (Å²) in [7, 11) is 0. The third-order valence-electron chi connectivity index (χ3n) is 2.72. The molecule has 1 atom stereocenters. The van der Waals surface area contributed by atoms with Gasteiger partial charge in [0, 0.05) is 17.5 Å². The van der Waals surface area contributed by atoms with Crippen LogP contribution in [-0.4, -0.2) is 11.9 Å². The van der Waals surface area contributed by atoms with Crippen LogP contribution < -0.4 is 4.74 Å². The summed E-state index contributed by atoms with van der Waals surface area (Å²) >= 11 is 11.8. The molecule has 22 heavy (non-hydrogen) atoms. The van der Waals surface area contributed by atoms with Crippen LogP contribution in [0.3, 0.4) is 0 Å². The largest absolute Gasteiger partial charge is 0.446 e. The summed E-state index contributed by atoms with van der Waals surface area (Å²) in [5.41, 5.74) is 0.455.